The van der Waals surface area contributed by atoms with E-state index in [9.17, 15) is 9.90 Å². The largest absolute Gasteiger partial charge is 0.497 e. The highest BCUT2D eigenvalue weighted by molar-refractivity contribution is 7.17. The molecule has 2 aromatic heterocycles. The topological polar surface area (TPSA) is 78.5 Å². The van der Waals surface area contributed by atoms with E-state index in [1.54, 1.807) is 7.11 Å². The summed E-state index contributed by atoms with van der Waals surface area (Å²) < 4.78 is 5.33. The van der Waals surface area contributed by atoms with Crippen molar-refractivity contribution in [2.75, 3.05) is 20.2 Å². The van der Waals surface area contributed by atoms with Gasteiger partial charge < -0.3 is 14.8 Å². The number of nitrogens with zero attached hydrogens (tertiary/aromatic N) is 2. The average molecular weight is 464 g/mol. The highest BCUT2D eigenvalue weighted by Crippen LogP contribution is 2.32. The predicted molar refractivity (Wildman–Crippen MR) is 134 cm³/mol. The number of benzene rings is 2. The molecule has 0 fully saturated rings. The van der Waals surface area contributed by atoms with Crippen LogP contribution in [0.2, 0.25) is 0 Å². The van der Waals surface area contributed by atoms with Crippen molar-refractivity contribution < 1.29 is 9.84 Å². The Bertz CT molecular complexity index is 1270. The maximum atomic E-state index is 13.1. The number of aromatic nitrogens is 2. The Morgan fingerprint density at radius 1 is 1.12 bits per heavy atom. The molecule has 0 saturated heterocycles. The monoisotopic (exact) mass is 463 g/mol. The van der Waals surface area contributed by atoms with Crippen LogP contribution in [-0.4, -0.2) is 40.2 Å². The Morgan fingerprint density at radius 2 is 1.91 bits per heavy atom. The first-order valence-corrected chi connectivity index (χ1v) is 11.9. The first kappa shape index (κ1) is 23.2. The van der Waals surface area contributed by atoms with Crippen molar-refractivity contribution in [3.63, 3.8) is 0 Å². The molecule has 0 aliphatic heterocycles. The molecule has 2 heterocycles. The molecular formula is C26H29N3O3S. The summed E-state index contributed by atoms with van der Waals surface area (Å²) in [7, 11) is 1.63. The van der Waals surface area contributed by atoms with Crippen molar-refractivity contribution in [2.24, 2.45) is 5.92 Å². The molecule has 172 valence electrons. The normalized spacial score (nSPS) is 12.5. The van der Waals surface area contributed by atoms with Gasteiger partial charge in [0.25, 0.3) is 5.56 Å². The number of aromatic amines is 1. The van der Waals surface area contributed by atoms with Gasteiger partial charge in [-0.05, 0) is 29.2 Å². The van der Waals surface area contributed by atoms with Crippen molar-refractivity contribution in [1.82, 2.24) is 14.9 Å². The Labute approximate surface area is 197 Å². The summed E-state index contributed by atoms with van der Waals surface area (Å²) in [6, 6.07) is 17.3. The Balaban J connectivity index is 1.61. The molecule has 0 aliphatic rings. The van der Waals surface area contributed by atoms with E-state index in [4.69, 9.17) is 9.72 Å². The average Bonchev–Trinajstić information content (AvgIpc) is 3.24. The number of ether oxygens (including phenoxy) is 1. The lowest BCUT2D eigenvalue weighted by atomic mass is 10.1. The van der Waals surface area contributed by atoms with Gasteiger partial charge in [0.1, 0.15) is 16.4 Å². The second-order valence-corrected chi connectivity index (χ2v) is 9.45. The highest BCUT2D eigenvalue weighted by atomic mass is 32.1. The zero-order valence-corrected chi connectivity index (χ0v) is 19.9. The fraction of sp³-hybridized carbons (Fsp3) is 0.308. The standard InChI is InChI=1S/C26H29N3O3S/c1-17(2)13-29(14-22(30)18-8-5-4-6-9-18)15-23-27-25(31)24-21(16-33-26(24)28-23)19-10-7-11-20(12-19)32-3/h4-12,16-17,22,30H,13-15H2,1-3H3,(H,27,28,31). The van der Waals surface area contributed by atoms with Crippen molar-refractivity contribution in [3.05, 3.63) is 81.7 Å². The van der Waals surface area contributed by atoms with E-state index >= 15 is 0 Å². The fourth-order valence-electron chi connectivity index (χ4n) is 4.03. The third-order valence-electron chi connectivity index (χ3n) is 5.49. The number of methoxy groups -OCH3 is 1. The van der Waals surface area contributed by atoms with E-state index in [0.29, 0.717) is 35.0 Å². The molecule has 2 aromatic carbocycles. The molecule has 2 N–H and O–H groups in total. The molecule has 0 saturated carbocycles. The SMILES string of the molecule is COc1cccc(-c2csc3nc(CN(CC(C)C)CC(O)c4ccccc4)[nH]c(=O)c23)c1. The molecule has 0 aliphatic carbocycles. The smallest absolute Gasteiger partial charge is 0.260 e. The summed E-state index contributed by atoms with van der Waals surface area (Å²) >= 11 is 1.46. The van der Waals surface area contributed by atoms with Crippen LogP contribution in [0.3, 0.4) is 0 Å². The van der Waals surface area contributed by atoms with Gasteiger partial charge in [0.2, 0.25) is 0 Å². The number of rotatable bonds is 9. The molecule has 4 aromatic rings. The second-order valence-electron chi connectivity index (χ2n) is 8.59. The van der Waals surface area contributed by atoms with Gasteiger partial charge in [0.15, 0.2) is 0 Å². The first-order valence-electron chi connectivity index (χ1n) is 11.0. The maximum absolute atomic E-state index is 13.1. The van der Waals surface area contributed by atoms with Gasteiger partial charge in [-0.2, -0.15) is 0 Å². The van der Waals surface area contributed by atoms with E-state index in [1.807, 2.05) is 60.0 Å². The van der Waals surface area contributed by atoms with Crippen LogP contribution in [0.5, 0.6) is 5.75 Å². The Hall–Kier alpha value is -3.00. The molecule has 0 spiro atoms. The van der Waals surface area contributed by atoms with Crippen LogP contribution >= 0.6 is 11.3 Å². The molecule has 1 unspecified atom stereocenters. The molecule has 6 nitrogen and oxygen atoms in total. The van der Waals surface area contributed by atoms with Gasteiger partial charge in [-0.25, -0.2) is 4.98 Å². The summed E-state index contributed by atoms with van der Waals surface area (Å²) in [6.07, 6.45) is -0.609. The minimum absolute atomic E-state index is 0.151. The number of fused-ring (bicyclic) bond motifs is 1. The molecule has 7 heteroatoms. The minimum Gasteiger partial charge on any atom is -0.497 e. The summed E-state index contributed by atoms with van der Waals surface area (Å²) in [4.78, 5) is 23.7. The number of aliphatic hydroxyl groups excluding tert-OH is 1. The highest BCUT2D eigenvalue weighted by Gasteiger charge is 2.18. The fourth-order valence-corrected chi connectivity index (χ4v) is 5.00. The van der Waals surface area contributed by atoms with Crippen LogP contribution in [0.4, 0.5) is 0 Å². The van der Waals surface area contributed by atoms with Gasteiger partial charge in [-0.3, -0.25) is 9.69 Å². The molecule has 0 amide bonds. The molecule has 4 rings (SSSR count). The van der Waals surface area contributed by atoms with Crippen molar-refractivity contribution in [2.45, 2.75) is 26.5 Å². The Morgan fingerprint density at radius 3 is 2.64 bits per heavy atom. The minimum atomic E-state index is -0.609. The van der Waals surface area contributed by atoms with Gasteiger partial charge in [0, 0.05) is 24.0 Å². The van der Waals surface area contributed by atoms with Crippen molar-refractivity contribution >= 4 is 21.6 Å². The molecular weight excluding hydrogens is 434 g/mol. The molecule has 0 bridgehead atoms. The zero-order valence-electron chi connectivity index (χ0n) is 19.1. The summed E-state index contributed by atoms with van der Waals surface area (Å²) in [5.74, 6) is 1.76. The maximum Gasteiger partial charge on any atom is 0.260 e. The lowest BCUT2D eigenvalue weighted by Gasteiger charge is -2.26. The van der Waals surface area contributed by atoms with Crippen LogP contribution < -0.4 is 10.3 Å². The van der Waals surface area contributed by atoms with Crippen LogP contribution in [0, 0.1) is 5.92 Å². The summed E-state index contributed by atoms with van der Waals surface area (Å²) in [5.41, 5.74) is 2.51. The van der Waals surface area contributed by atoms with Crippen LogP contribution in [0.1, 0.15) is 31.3 Å². The van der Waals surface area contributed by atoms with Crippen LogP contribution in [0.15, 0.2) is 64.8 Å². The van der Waals surface area contributed by atoms with Crippen molar-refractivity contribution in [3.8, 4) is 16.9 Å². The van der Waals surface area contributed by atoms with Crippen LogP contribution in [-0.2, 0) is 6.54 Å². The van der Waals surface area contributed by atoms with E-state index < -0.39 is 6.10 Å². The molecule has 1 atom stereocenters. The number of aliphatic hydroxyl groups is 1. The number of H-pyrrole nitrogens is 1. The van der Waals surface area contributed by atoms with E-state index in [2.05, 4.69) is 23.7 Å². The second kappa shape index (κ2) is 10.3. The Kier molecular flexibility index (Phi) is 7.23. The third-order valence-corrected chi connectivity index (χ3v) is 6.36. The van der Waals surface area contributed by atoms with Gasteiger partial charge in [0.05, 0.1) is 25.1 Å². The lowest BCUT2D eigenvalue weighted by molar-refractivity contribution is 0.100. The first-order chi connectivity index (χ1) is 15.9. The molecule has 33 heavy (non-hydrogen) atoms. The van der Waals surface area contributed by atoms with Crippen LogP contribution in [0.25, 0.3) is 21.3 Å². The predicted octanol–water partition coefficient (Wildman–Crippen LogP) is 4.85. The number of hydrogen-bond acceptors (Lipinski definition) is 6. The quantitative estimate of drug-likeness (QED) is 0.371. The van der Waals surface area contributed by atoms with Gasteiger partial charge in [-0.1, -0.05) is 56.3 Å². The summed E-state index contributed by atoms with van der Waals surface area (Å²) in [6.45, 7) is 5.98. The summed E-state index contributed by atoms with van der Waals surface area (Å²) in [5, 5.41) is 13.3. The number of hydrogen-bond donors (Lipinski definition) is 2. The van der Waals surface area contributed by atoms with Gasteiger partial charge in [-0.15, -0.1) is 11.3 Å². The zero-order chi connectivity index (χ0) is 23.4. The van der Waals surface area contributed by atoms with Gasteiger partial charge >= 0.3 is 0 Å². The number of thiophene rings is 1. The molecule has 0 radical (unpaired) electrons. The van der Waals surface area contributed by atoms with E-state index in [0.717, 1.165) is 29.0 Å². The van der Waals surface area contributed by atoms with Crippen molar-refractivity contribution in [1.29, 1.82) is 0 Å². The third kappa shape index (κ3) is 5.50. The van der Waals surface area contributed by atoms with E-state index in [1.165, 1.54) is 11.3 Å². The van der Waals surface area contributed by atoms with E-state index in [-0.39, 0.29) is 5.56 Å². The lowest BCUT2D eigenvalue weighted by Crippen LogP contribution is -2.33. The number of nitrogens with one attached hydrogen (secondary N) is 1.